The zero-order chi connectivity index (χ0) is 32.2. The molecule has 10 heteroatoms. The number of hydrogen-bond donors (Lipinski definition) is 2. The number of para-hydroxylation sites is 1. The van der Waals surface area contributed by atoms with Gasteiger partial charge in [0.2, 0.25) is 17.7 Å². The van der Waals surface area contributed by atoms with E-state index in [0.717, 1.165) is 11.1 Å². The maximum absolute atomic E-state index is 14.3. The van der Waals surface area contributed by atoms with Crippen LogP contribution in [-0.4, -0.2) is 65.3 Å². The van der Waals surface area contributed by atoms with E-state index in [2.05, 4.69) is 16.7 Å². The number of amides is 4. The van der Waals surface area contributed by atoms with Gasteiger partial charge in [-0.25, -0.2) is 4.79 Å². The summed E-state index contributed by atoms with van der Waals surface area (Å²) >= 11 is 0. The highest BCUT2D eigenvalue weighted by atomic mass is 16.5. The number of anilines is 1. The number of carbonyl (C=O) groups is 4. The first-order valence-corrected chi connectivity index (χ1v) is 15.1. The lowest BCUT2D eigenvalue weighted by molar-refractivity contribution is -0.146. The molecule has 2 heterocycles. The van der Waals surface area contributed by atoms with Gasteiger partial charge >= 0.3 is 6.09 Å². The van der Waals surface area contributed by atoms with E-state index in [1.807, 2.05) is 89.2 Å². The van der Waals surface area contributed by atoms with Crippen molar-refractivity contribution in [3.8, 4) is 6.07 Å². The van der Waals surface area contributed by atoms with Gasteiger partial charge in [0.05, 0.1) is 11.5 Å². The molecule has 10 nitrogen and oxygen atoms in total. The van der Waals surface area contributed by atoms with Gasteiger partial charge in [0, 0.05) is 25.7 Å². The van der Waals surface area contributed by atoms with Crippen molar-refractivity contribution in [1.29, 1.82) is 5.26 Å². The molecule has 4 amide bonds. The van der Waals surface area contributed by atoms with Crippen LogP contribution >= 0.6 is 0 Å². The molecule has 1 saturated heterocycles. The number of nitrogens with one attached hydrogen (secondary N) is 2. The van der Waals surface area contributed by atoms with E-state index in [9.17, 15) is 24.4 Å². The smallest absolute Gasteiger partial charge is 0.408 e. The number of ether oxygens (including phenoxy) is 1. The zero-order valence-electron chi connectivity index (χ0n) is 26.4. The SMILES string of the molecule is CC(C)C[C@@H](C(=O)N1C[C@]2(C[C@H]1C#N)C(=O)Nc1ccccc12)N(C)C(=O)[C@H](CC(C)(C)C)NC(=O)OCc1ccccc1. The lowest BCUT2D eigenvalue weighted by atomic mass is 9.80. The van der Waals surface area contributed by atoms with Crippen LogP contribution in [0.2, 0.25) is 0 Å². The first-order valence-electron chi connectivity index (χ1n) is 15.1. The summed E-state index contributed by atoms with van der Waals surface area (Å²) in [6.07, 6.45) is 0.0928. The third-order valence-corrected chi connectivity index (χ3v) is 8.33. The summed E-state index contributed by atoms with van der Waals surface area (Å²) in [5.41, 5.74) is 0.909. The van der Waals surface area contributed by atoms with E-state index in [-0.39, 0.29) is 36.8 Å². The molecule has 4 atom stereocenters. The molecule has 2 aromatic carbocycles. The molecule has 234 valence electrons. The van der Waals surface area contributed by atoms with Crippen LogP contribution in [-0.2, 0) is 31.1 Å². The summed E-state index contributed by atoms with van der Waals surface area (Å²) in [6.45, 7) is 9.90. The van der Waals surface area contributed by atoms with Gasteiger partial charge in [-0.1, -0.05) is 83.1 Å². The number of carbonyl (C=O) groups excluding carboxylic acids is 4. The molecule has 2 aliphatic heterocycles. The first-order chi connectivity index (χ1) is 20.8. The molecule has 0 bridgehead atoms. The van der Waals surface area contributed by atoms with Gasteiger partial charge in [0.15, 0.2) is 0 Å². The third-order valence-electron chi connectivity index (χ3n) is 8.33. The topological polar surface area (TPSA) is 132 Å². The lowest BCUT2D eigenvalue weighted by Crippen LogP contribution is -2.56. The average molecular weight is 602 g/mol. The van der Waals surface area contributed by atoms with Crippen LogP contribution in [0.3, 0.4) is 0 Å². The molecule has 0 saturated carbocycles. The monoisotopic (exact) mass is 601 g/mol. The second-order valence-electron chi connectivity index (χ2n) is 13.5. The highest BCUT2D eigenvalue weighted by molar-refractivity contribution is 6.07. The van der Waals surface area contributed by atoms with Gasteiger partial charge in [-0.05, 0) is 41.4 Å². The number of nitrogens with zero attached hydrogens (tertiary/aromatic N) is 3. The van der Waals surface area contributed by atoms with Crippen molar-refractivity contribution in [3.05, 3.63) is 65.7 Å². The van der Waals surface area contributed by atoms with E-state index >= 15 is 0 Å². The summed E-state index contributed by atoms with van der Waals surface area (Å²) in [4.78, 5) is 57.3. The van der Waals surface area contributed by atoms with Gasteiger partial charge in [-0.3, -0.25) is 14.4 Å². The van der Waals surface area contributed by atoms with E-state index in [1.54, 1.807) is 7.05 Å². The predicted molar refractivity (Wildman–Crippen MR) is 166 cm³/mol. The van der Waals surface area contributed by atoms with Crippen LogP contribution in [0.15, 0.2) is 54.6 Å². The first kappa shape index (κ1) is 32.5. The Labute approximate surface area is 259 Å². The molecule has 0 aromatic heterocycles. The fraction of sp³-hybridized carbons (Fsp3) is 0.500. The molecule has 1 spiro atoms. The van der Waals surface area contributed by atoms with Crippen LogP contribution in [0.1, 0.15) is 65.0 Å². The standard InChI is InChI=1S/C34H43N5O5/c1-22(2)16-28(30(41)39-21-34(17-24(39)19-35)25-14-10-11-15-26(25)36-31(34)42)38(6)29(40)27(18-33(3,4)5)37-32(43)44-20-23-12-8-7-9-13-23/h7-15,22,24,27-28H,16-18,20-21H2,1-6H3,(H,36,42)(H,37,43)/t24-,27-,28-,34-/m0/s1. The Hall–Kier alpha value is -4.39. The number of rotatable bonds is 9. The fourth-order valence-electron chi connectivity index (χ4n) is 6.17. The number of benzene rings is 2. The molecule has 0 radical (unpaired) electrons. The maximum Gasteiger partial charge on any atom is 0.408 e. The summed E-state index contributed by atoms with van der Waals surface area (Å²) in [5.74, 6) is -1.02. The maximum atomic E-state index is 14.3. The summed E-state index contributed by atoms with van der Waals surface area (Å²) in [5, 5.41) is 15.7. The molecule has 0 aliphatic carbocycles. The molecule has 2 N–H and O–H groups in total. The summed E-state index contributed by atoms with van der Waals surface area (Å²) in [6, 6.07) is 16.1. The van der Waals surface area contributed by atoms with Crippen molar-refractivity contribution < 1.29 is 23.9 Å². The van der Waals surface area contributed by atoms with Crippen LogP contribution < -0.4 is 10.6 Å². The van der Waals surface area contributed by atoms with E-state index < -0.39 is 41.4 Å². The van der Waals surface area contributed by atoms with Crippen molar-refractivity contribution in [3.63, 3.8) is 0 Å². The Bertz CT molecular complexity index is 1430. The van der Waals surface area contributed by atoms with Crippen molar-refractivity contribution in [2.45, 2.75) is 84.0 Å². The van der Waals surface area contributed by atoms with Gasteiger partial charge < -0.3 is 25.2 Å². The van der Waals surface area contributed by atoms with E-state index in [1.165, 1.54) is 9.80 Å². The van der Waals surface area contributed by atoms with Gasteiger partial charge in [-0.2, -0.15) is 5.26 Å². The van der Waals surface area contributed by atoms with Gasteiger partial charge in [0.1, 0.15) is 24.7 Å². The quantitative estimate of drug-likeness (QED) is 0.432. The molecule has 2 aliphatic rings. The van der Waals surface area contributed by atoms with Crippen molar-refractivity contribution in [2.75, 3.05) is 18.9 Å². The minimum absolute atomic E-state index is 0.0386. The number of likely N-dealkylation sites (N-methyl/N-ethyl adjacent to an activating group) is 1. The summed E-state index contributed by atoms with van der Waals surface area (Å²) < 4.78 is 5.41. The highest BCUT2D eigenvalue weighted by Crippen LogP contribution is 2.46. The largest absolute Gasteiger partial charge is 0.445 e. The number of nitriles is 1. The Balaban J connectivity index is 1.56. The molecule has 1 fully saturated rings. The normalized spacial score (nSPS) is 20.5. The van der Waals surface area contributed by atoms with Crippen LogP contribution in [0, 0.1) is 22.7 Å². The second-order valence-corrected chi connectivity index (χ2v) is 13.5. The fourth-order valence-corrected chi connectivity index (χ4v) is 6.17. The molecular weight excluding hydrogens is 558 g/mol. The minimum Gasteiger partial charge on any atom is -0.445 e. The van der Waals surface area contributed by atoms with Crippen LogP contribution in [0.4, 0.5) is 10.5 Å². The number of likely N-dealkylation sites (tertiary alicyclic amines) is 1. The van der Waals surface area contributed by atoms with Crippen LogP contribution in [0.5, 0.6) is 0 Å². The highest BCUT2D eigenvalue weighted by Gasteiger charge is 2.56. The molecular formula is C34H43N5O5. The Morgan fingerprint density at radius 1 is 1.14 bits per heavy atom. The lowest BCUT2D eigenvalue weighted by Gasteiger charge is -2.36. The molecule has 2 aromatic rings. The van der Waals surface area contributed by atoms with Crippen molar-refractivity contribution in [2.24, 2.45) is 11.3 Å². The second kappa shape index (κ2) is 13.1. The Morgan fingerprint density at radius 2 is 1.80 bits per heavy atom. The molecule has 0 unspecified atom stereocenters. The molecule has 4 rings (SSSR count). The van der Waals surface area contributed by atoms with E-state index in [4.69, 9.17) is 4.74 Å². The van der Waals surface area contributed by atoms with Crippen LogP contribution in [0.25, 0.3) is 0 Å². The number of fused-ring (bicyclic) bond motifs is 2. The van der Waals surface area contributed by atoms with Gasteiger partial charge in [-0.15, -0.1) is 0 Å². The summed E-state index contributed by atoms with van der Waals surface area (Å²) in [7, 11) is 1.56. The number of alkyl carbamates (subject to hydrolysis) is 1. The Morgan fingerprint density at radius 3 is 2.43 bits per heavy atom. The van der Waals surface area contributed by atoms with Crippen molar-refractivity contribution >= 4 is 29.5 Å². The Kier molecular flexibility index (Phi) is 9.67. The zero-order valence-corrected chi connectivity index (χ0v) is 26.4. The van der Waals surface area contributed by atoms with E-state index in [0.29, 0.717) is 18.5 Å². The average Bonchev–Trinajstić information content (AvgIpc) is 3.50. The van der Waals surface area contributed by atoms with Crippen molar-refractivity contribution in [1.82, 2.24) is 15.1 Å². The number of hydrogen-bond acceptors (Lipinski definition) is 6. The predicted octanol–water partition coefficient (Wildman–Crippen LogP) is 4.61. The van der Waals surface area contributed by atoms with Gasteiger partial charge in [0.25, 0.3) is 0 Å². The third kappa shape index (κ3) is 7.04. The molecule has 44 heavy (non-hydrogen) atoms. The minimum atomic E-state index is -1.03.